The van der Waals surface area contributed by atoms with Crippen LogP contribution in [-0.4, -0.2) is 57.9 Å². The third kappa shape index (κ3) is 2.28. The predicted molar refractivity (Wildman–Crippen MR) is 94.8 cm³/mol. The highest BCUT2D eigenvalue weighted by Gasteiger charge is 2.62. The van der Waals surface area contributed by atoms with Crippen LogP contribution >= 0.6 is 0 Å². The van der Waals surface area contributed by atoms with Gasteiger partial charge in [-0.05, 0) is 17.7 Å². The highest BCUT2D eigenvalue weighted by atomic mass is 16.6. The lowest BCUT2D eigenvalue weighted by molar-refractivity contribution is -0.128. The number of amides is 4. The second-order valence-corrected chi connectivity index (χ2v) is 6.75. The minimum atomic E-state index is -0.824. The molecule has 2 aromatic carbocycles. The molecule has 0 radical (unpaired) electrons. The van der Waals surface area contributed by atoms with Crippen molar-refractivity contribution < 1.29 is 23.9 Å². The van der Waals surface area contributed by atoms with Crippen LogP contribution in [0.1, 0.15) is 32.3 Å². The molecule has 2 saturated heterocycles. The molecule has 0 aromatic heterocycles. The minimum Gasteiger partial charge on any atom is -0.447 e. The Hall–Kier alpha value is -3.52. The van der Waals surface area contributed by atoms with E-state index in [9.17, 15) is 19.2 Å². The first-order valence-electron chi connectivity index (χ1n) is 8.89. The summed E-state index contributed by atoms with van der Waals surface area (Å²) in [6.07, 6.45) is -0.703. The molecule has 0 N–H and O–H groups in total. The first-order valence-corrected chi connectivity index (χ1v) is 8.89. The Morgan fingerprint density at radius 1 is 0.893 bits per heavy atom. The SMILES string of the molecule is O=C1OCCN1C(=O)C1C(c2ccccc2)N1N1C(=O)c2ccccc2C1=O. The van der Waals surface area contributed by atoms with Gasteiger partial charge >= 0.3 is 6.09 Å². The van der Waals surface area contributed by atoms with Gasteiger partial charge < -0.3 is 4.74 Å². The van der Waals surface area contributed by atoms with Crippen molar-refractivity contribution in [2.24, 2.45) is 0 Å². The number of hydrogen-bond acceptors (Lipinski definition) is 6. The largest absolute Gasteiger partial charge is 0.447 e. The van der Waals surface area contributed by atoms with Gasteiger partial charge in [0.1, 0.15) is 12.6 Å². The first-order chi connectivity index (χ1) is 13.6. The van der Waals surface area contributed by atoms with E-state index in [4.69, 9.17) is 4.74 Å². The number of benzene rings is 2. The summed E-state index contributed by atoms with van der Waals surface area (Å²) in [5.41, 5.74) is 1.39. The van der Waals surface area contributed by atoms with E-state index < -0.39 is 35.9 Å². The maximum Gasteiger partial charge on any atom is 0.416 e. The lowest BCUT2D eigenvalue weighted by atomic mass is 10.1. The van der Waals surface area contributed by atoms with E-state index >= 15 is 0 Å². The van der Waals surface area contributed by atoms with Crippen LogP contribution in [0.15, 0.2) is 54.6 Å². The van der Waals surface area contributed by atoms with Crippen LogP contribution in [0.5, 0.6) is 0 Å². The van der Waals surface area contributed by atoms with E-state index in [1.54, 1.807) is 24.3 Å². The maximum absolute atomic E-state index is 13.0. The Balaban J connectivity index is 1.52. The zero-order valence-electron chi connectivity index (χ0n) is 14.6. The molecule has 0 bridgehead atoms. The number of imide groups is 2. The molecule has 8 heteroatoms. The molecule has 3 atom stereocenters. The van der Waals surface area contributed by atoms with Crippen LogP contribution in [0.3, 0.4) is 0 Å². The quantitative estimate of drug-likeness (QED) is 0.597. The Morgan fingerprint density at radius 3 is 2.07 bits per heavy atom. The fraction of sp³-hybridized carbons (Fsp3) is 0.200. The summed E-state index contributed by atoms with van der Waals surface area (Å²) in [5, 5.41) is 2.47. The molecule has 0 spiro atoms. The van der Waals surface area contributed by atoms with Crippen molar-refractivity contribution in [2.75, 3.05) is 13.2 Å². The van der Waals surface area contributed by atoms with Crippen LogP contribution in [0, 0.1) is 0 Å². The Bertz CT molecular complexity index is 987. The fourth-order valence-corrected chi connectivity index (χ4v) is 3.84. The number of cyclic esters (lactones) is 1. The molecule has 3 heterocycles. The molecular weight excluding hydrogens is 362 g/mol. The van der Waals surface area contributed by atoms with E-state index in [1.807, 2.05) is 30.3 Å². The molecule has 140 valence electrons. The molecule has 2 fully saturated rings. The molecule has 8 nitrogen and oxygen atoms in total. The number of ether oxygens (including phenoxy) is 1. The summed E-state index contributed by atoms with van der Waals surface area (Å²) >= 11 is 0. The molecular formula is C20H15N3O5. The van der Waals surface area contributed by atoms with Gasteiger partial charge in [0.05, 0.1) is 23.7 Å². The monoisotopic (exact) mass is 377 g/mol. The maximum atomic E-state index is 13.0. The van der Waals surface area contributed by atoms with Gasteiger partial charge in [0.25, 0.3) is 17.7 Å². The third-order valence-corrected chi connectivity index (χ3v) is 5.20. The molecule has 3 aliphatic heterocycles. The Morgan fingerprint density at radius 2 is 1.50 bits per heavy atom. The number of carbonyl (C=O) groups excluding carboxylic acids is 4. The summed E-state index contributed by atoms with van der Waals surface area (Å²) in [6, 6.07) is 14.3. The standard InChI is InChI=1S/C20H15N3O5/c24-17-13-8-4-5-9-14(13)18(25)23(17)22-15(12-6-2-1-3-7-12)16(22)19(26)21-10-11-28-20(21)27/h1-9,15-16H,10-11H2. The van der Waals surface area contributed by atoms with Crippen LogP contribution in [0.2, 0.25) is 0 Å². The van der Waals surface area contributed by atoms with Crippen LogP contribution in [-0.2, 0) is 9.53 Å². The highest BCUT2D eigenvalue weighted by Crippen LogP contribution is 2.47. The van der Waals surface area contributed by atoms with E-state index in [-0.39, 0.29) is 13.2 Å². The molecule has 4 amide bonds. The van der Waals surface area contributed by atoms with Crippen molar-refractivity contribution in [1.29, 1.82) is 0 Å². The number of rotatable bonds is 3. The van der Waals surface area contributed by atoms with Crippen molar-refractivity contribution >= 4 is 23.8 Å². The lowest BCUT2D eigenvalue weighted by Gasteiger charge is -2.17. The molecule has 0 saturated carbocycles. The first kappa shape index (κ1) is 16.6. The van der Waals surface area contributed by atoms with E-state index in [1.165, 1.54) is 5.01 Å². The van der Waals surface area contributed by atoms with Crippen molar-refractivity contribution in [2.45, 2.75) is 12.1 Å². The van der Waals surface area contributed by atoms with Gasteiger partial charge in [-0.1, -0.05) is 42.5 Å². The van der Waals surface area contributed by atoms with Crippen molar-refractivity contribution in [3.05, 3.63) is 71.3 Å². The second kappa shape index (κ2) is 6.00. The van der Waals surface area contributed by atoms with Gasteiger partial charge in [-0.15, -0.1) is 0 Å². The summed E-state index contributed by atoms with van der Waals surface area (Å²) in [6.45, 7) is 0.298. The van der Waals surface area contributed by atoms with Gasteiger partial charge in [-0.3, -0.25) is 14.4 Å². The second-order valence-electron chi connectivity index (χ2n) is 6.75. The normalized spacial score (nSPS) is 25.7. The topological polar surface area (TPSA) is 87.0 Å². The lowest BCUT2D eigenvalue weighted by Crippen LogP contribution is -2.41. The summed E-state index contributed by atoms with van der Waals surface area (Å²) in [7, 11) is 0. The summed E-state index contributed by atoms with van der Waals surface area (Å²) in [4.78, 5) is 51.6. The molecule has 0 aliphatic carbocycles. The molecule has 28 heavy (non-hydrogen) atoms. The van der Waals surface area contributed by atoms with Gasteiger partial charge in [-0.2, -0.15) is 5.01 Å². The van der Waals surface area contributed by atoms with Crippen molar-refractivity contribution in [1.82, 2.24) is 14.9 Å². The number of hydrogen-bond donors (Lipinski definition) is 0. The average Bonchev–Trinajstić information content (AvgIpc) is 3.20. The third-order valence-electron chi connectivity index (χ3n) is 5.20. The fourth-order valence-electron chi connectivity index (χ4n) is 3.84. The van der Waals surface area contributed by atoms with Crippen molar-refractivity contribution in [3.8, 4) is 0 Å². The number of carbonyl (C=O) groups is 4. The molecule has 5 rings (SSSR count). The zero-order valence-corrected chi connectivity index (χ0v) is 14.6. The number of nitrogens with zero attached hydrogens (tertiary/aromatic N) is 3. The Kier molecular flexibility index (Phi) is 3.56. The van der Waals surface area contributed by atoms with Gasteiger partial charge in [-0.25, -0.2) is 14.7 Å². The number of fused-ring (bicyclic) bond motifs is 1. The van der Waals surface area contributed by atoms with E-state index in [0.717, 1.165) is 15.5 Å². The van der Waals surface area contributed by atoms with Crippen molar-refractivity contribution in [3.63, 3.8) is 0 Å². The minimum absolute atomic E-state index is 0.139. The van der Waals surface area contributed by atoms with Crippen LogP contribution in [0.4, 0.5) is 4.79 Å². The number of hydrazine groups is 1. The zero-order chi connectivity index (χ0) is 19.4. The van der Waals surface area contributed by atoms with Gasteiger partial charge in [0.15, 0.2) is 0 Å². The molecule has 3 aliphatic rings. The van der Waals surface area contributed by atoms with Crippen LogP contribution < -0.4 is 0 Å². The van der Waals surface area contributed by atoms with Gasteiger partial charge in [0, 0.05) is 0 Å². The summed E-state index contributed by atoms with van der Waals surface area (Å²) in [5.74, 6) is -1.42. The predicted octanol–water partition coefficient (Wildman–Crippen LogP) is 1.60. The Labute approximate surface area is 159 Å². The molecule has 2 aromatic rings. The van der Waals surface area contributed by atoms with E-state index in [2.05, 4.69) is 0 Å². The smallest absolute Gasteiger partial charge is 0.416 e. The summed E-state index contributed by atoms with van der Waals surface area (Å²) < 4.78 is 4.86. The highest BCUT2D eigenvalue weighted by molar-refractivity contribution is 6.21. The average molecular weight is 377 g/mol. The van der Waals surface area contributed by atoms with Crippen LogP contribution in [0.25, 0.3) is 0 Å². The van der Waals surface area contributed by atoms with E-state index in [0.29, 0.717) is 11.1 Å². The van der Waals surface area contributed by atoms with Gasteiger partial charge in [0.2, 0.25) is 0 Å². The molecule has 3 unspecified atom stereocenters.